The minimum atomic E-state index is -0.957. The summed E-state index contributed by atoms with van der Waals surface area (Å²) in [5.41, 5.74) is 3.01. The van der Waals surface area contributed by atoms with Crippen LogP contribution in [0.25, 0.3) is 0 Å². The van der Waals surface area contributed by atoms with E-state index in [1.54, 1.807) is 24.3 Å². The first-order valence-corrected chi connectivity index (χ1v) is 7.21. The summed E-state index contributed by atoms with van der Waals surface area (Å²) in [4.78, 5) is 23.3. The maximum Gasteiger partial charge on any atom is 0.329 e. The lowest BCUT2D eigenvalue weighted by Crippen LogP contribution is -2.32. The molecule has 0 atom stereocenters. The van der Waals surface area contributed by atoms with Crippen LogP contribution in [0.5, 0.6) is 5.75 Å². The van der Waals surface area contributed by atoms with Crippen molar-refractivity contribution in [1.29, 1.82) is 0 Å². The Labute approximate surface area is 138 Å². The molecule has 0 saturated carbocycles. The fourth-order valence-corrected chi connectivity index (χ4v) is 1.79. The van der Waals surface area contributed by atoms with Gasteiger partial charge in [0.25, 0.3) is 0 Å². The molecule has 0 aliphatic rings. The molecule has 2 amide bonds. The fourth-order valence-electron chi connectivity index (χ4n) is 1.79. The molecule has 0 radical (unpaired) electrons. The summed E-state index contributed by atoms with van der Waals surface area (Å²) in [6.45, 7) is 2.46. The molecule has 0 spiro atoms. The van der Waals surface area contributed by atoms with Gasteiger partial charge in [0.05, 0.1) is 12.8 Å². The van der Waals surface area contributed by atoms with Gasteiger partial charge in [-0.3, -0.25) is 9.59 Å². The van der Waals surface area contributed by atoms with Crippen molar-refractivity contribution in [3.63, 3.8) is 0 Å². The third-order valence-electron chi connectivity index (χ3n) is 2.86. The summed E-state index contributed by atoms with van der Waals surface area (Å²) < 4.78 is 18.3. The van der Waals surface area contributed by atoms with Crippen LogP contribution in [0.1, 0.15) is 12.5 Å². The number of hydrogen-bond donors (Lipinski definition) is 2. The van der Waals surface area contributed by atoms with Gasteiger partial charge >= 0.3 is 11.8 Å². The first-order chi connectivity index (χ1) is 11.6. The Morgan fingerprint density at radius 1 is 1.17 bits per heavy atom. The highest BCUT2D eigenvalue weighted by Gasteiger charge is 2.12. The van der Waals surface area contributed by atoms with Gasteiger partial charge in [-0.1, -0.05) is 6.07 Å². The number of carbonyl (C=O) groups excluding carboxylic acids is 2. The summed E-state index contributed by atoms with van der Waals surface area (Å²) in [7, 11) is 0. The lowest BCUT2D eigenvalue weighted by Gasteiger charge is -2.04. The molecule has 2 N–H and O–H groups in total. The average molecular weight is 329 g/mol. The number of hydrazone groups is 1. The van der Waals surface area contributed by atoms with Gasteiger partial charge in [-0.25, -0.2) is 9.82 Å². The Morgan fingerprint density at radius 2 is 1.92 bits per heavy atom. The van der Waals surface area contributed by atoms with Crippen molar-refractivity contribution in [2.75, 3.05) is 11.9 Å². The first kappa shape index (κ1) is 17.1. The predicted octanol–water partition coefficient (Wildman–Crippen LogP) is 2.31. The van der Waals surface area contributed by atoms with E-state index in [1.807, 2.05) is 6.92 Å². The Morgan fingerprint density at radius 3 is 2.58 bits per heavy atom. The molecule has 7 heteroatoms. The Bertz CT molecular complexity index is 745. The van der Waals surface area contributed by atoms with Gasteiger partial charge in [-0.05, 0) is 55.0 Å². The van der Waals surface area contributed by atoms with Crippen molar-refractivity contribution in [3.05, 3.63) is 59.9 Å². The van der Waals surface area contributed by atoms with Crippen molar-refractivity contribution < 1.29 is 18.7 Å². The summed E-state index contributed by atoms with van der Waals surface area (Å²) >= 11 is 0. The molecule has 24 heavy (non-hydrogen) atoms. The molecule has 0 aromatic heterocycles. The van der Waals surface area contributed by atoms with E-state index in [2.05, 4.69) is 15.8 Å². The van der Waals surface area contributed by atoms with E-state index >= 15 is 0 Å². The number of nitrogens with zero attached hydrogens (tertiary/aromatic N) is 1. The lowest BCUT2D eigenvalue weighted by atomic mass is 10.2. The maximum atomic E-state index is 13.0. The number of benzene rings is 2. The van der Waals surface area contributed by atoms with Crippen molar-refractivity contribution in [1.82, 2.24) is 5.43 Å². The molecule has 2 aromatic rings. The van der Waals surface area contributed by atoms with Crippen LogP contribution < -0.4 is 15.5 Å². The third kappa shape index (κ3) is 5.20. The van der Waals surface area contributed by atoms with Crippen LogP contribution in [0.2, 0.25) is 0 Å². The molecular weight excluding hydrogens is 313 g/mol. The zero-order valence-corrected chi connectivity index (χ0v) is 13.0. The average Bonchev–Trinajstić information content (AvgIpc) is 2.56. The summed E-state index contributed by atoms with van der Waals surface area (Å²) in [5.74, 6) is -1.68. The van der Waals surface area contributed by atoms with Crippen LogP contribution in [0, 0.1) is 5.82 Å². The number of anilines is 1. The van der Waals surface area contributed by atoms with Gasteiger partial charge < -0.3 is 10.1 Å². The van der Waals surface area contributed by atoms with Crippen molar-refractivity contribution >= 4 is 23.7 Å². The molecule has 2 rings (SSSR count). The highest BCUT2D eigenvalue weighted by Crippen LogP contribution is 2.11. The van der Waals surface area contributed by atoms with Crippen molar-refractivity contribution in [3.8, 4) is 5.75 Å². The standard InChI is InChI=1S/C17H16FN3O3/c1-2-24-15-8-6-12(7-9-15)11-19-21-17(23)16(22)20-14-5-3-4-13(18)10-14/h3-11H,2H2,1H3,(H,20,22)(H,21,23)/b19-11-. The number of nitrogens with one attached hydrogen (secondary N) is 2. The summed E-state index contributed by atoms with van der Waals surface area (Å²) in [6.07, 6.45) is 1.39. The SMILES string of the molecule is CCOc1ccc(/C=N\NC(=O)C(=O)Nc2cccc(F)c2)cc1. The van der Waals surface area contributed by atoms with Crippen molar-refractivity contribution in [2.24, 2.45) is 5.10 Å². The molecule has 0 aliphatic carbocycles. The van der Waals surface area contributed by atoms with Gasteiger partial charge in [0, 0.05) is 5.69 Å². The monoisotopic (exact) mass is 329 g/mol. The first-order valence-electron chi connectivity index (χ1n) is 7.21. The molecule has 0 saturated heterocycles. The van der Waals surface area contributed by atoms with Gasteiger partial charge in [0.1, 0.15) is 11.6 Å². The van der Waals surface area contributed by atoms with E-state index in [1.165, 1.54) is 24.4 Å². The van der Waals surface area contributed by atoms with E-state index in [-0.39, 0.29) is 5.69 Å². The molecule has 6 nitrogen and oxygen atoms in total. The van der Waals surface area contributed by atoms with Gasteiger partial charge in [0.15, 0.2) is 0 Å². The third-order valence-corrected chi connectivity index (χ3v) is 2.86. The highest BCUT2D eigenvalue weighted by atomic mass is 19.1. The molecule has 0 fully saturated rings. The van der Waals surface area contributed by atoms with Gasteiger partial charge in [-0.2, -0.15) is 5.10 Å². The molecule has 0 unspecified atom stereocenters. The normalized spacial score (nSPS) is 10.4. The summed E-state index contributed by atoms with van der Waals surface area (Å²) in [5, 5.41) is 5.97. The van der Waals surface area contributed by atoms with Crippen LogP contribution in [-0.4, -0.2) is 24.6 Å². The number of hydrogen-bond acceptors (Lipinski definition) is 4. The van der Waals surface area contributed by atoms with Gasteiger partial charge in [-0.15, -0.1) is 0 Å². The quantitative estimate of drug-likeness (QED) is 0.502. The Hall–Kier alpha value is -3.22. The predicted molar refractivity (Wildman–Crippen MR) is 88.4 cm³/mol. The Balaban J connectivity index is 1.86. The van der Waals surface area contributed by atoms with Crippen LogP contribution >= 0.6 is 0 Å². The fraction of sp³-hybridized carbons (Fsp3) is 0.118. The maximum absolute atomic E-state index is 13.0. The number of amides is 2. The second-order valence-electron chi connectivity index (χ2n) is 4.67. The molecule has 2 aromatic carbocycles. The van der Waals surface area contributed by atoms with Crippen molar-refractivity contribution in [2.45, 2.75) is 6.92 Å². The second-order valence-corrected chi connectivity index (χ2v) is 4.67. The van der Waals surface area contributed by atoms with E-state index in [0.29, 0.717) is 6.61 Å². The van der Waals surface area contributed by atoms with Gasteiger partial charge in [0.2, 0.25) is 0 Å². The molecular formula is C17H16FN3O3. The number of ether oxygens (including phenoxy) is 1. The van der Waals surface area contributed by atoms with E-state index in [9.17, 15) is 14.0 Å². The van der Waals surface area contributed by atoms with Crippen LogP contribution in [0.4, 0.5) is 10.1 Å². The van der Waals surface area contributed by atoms with Crippen LogP contribution in [0.3, 0.4) is 0 Å². The smallest absolute Gasteiger partial charge is 0.329 e. The minimum absolute atomic E-state index is 0.186. The number of carbonyl (C=O) groups is 2. The molecule has 0 heterocycles. The number of halogens is 1. The van der Waals surface area contributed by atoms with E-state index < -0.39 is 17.6 Å². The highest BCUT2D eigenvalue weighted by molar-refractivity contribution is 6.39. The second kappa shape index (κ2) is 8.42. The topological polar surface area (TPSA) is 79.8 Å². The van der Waals surface area contributed by atoms with Crippen LogP contribution in [-0.2, 0) is 9.59 Å². The van der Waals surface area contributed by atoms with E-state index in [4.69, 9.17) is 4.74 Å². The lowest BCUT2D eigenvalue weighted by molar-refractivity contribution is -0.136. The number of rotatable bonds is 5. The zero-order valence-electron chi connectivity index (χ0n) is 13.0. The van der Waals surface area contributed by atoms with Crippen LogP contribution in [0.15, 0.2) is 53.6 Å². The van der Waals surface area contributed by atoms with E-state index in [0.717, 1.165) is 17.4 Å². The largest absolute Gasteiger partial charge is 0.494 e. The zero-order chi connectivity index (χ0) is 17.4. The molecule has 0 bridgehead atoms. The Kier molecular flexibility index (Phi) is 6.01. The molecule has 0 aliphatic heterocycles. The molecule has 124 valence electrons. The summed E-state index contributed by atoms with van der Waals surface area (Å²) in [6, 6.07) is 12.3. The minimum Gasteiger partial charge on any atom is -0.494 e.